The van der Waals surface area contributed by atoms with Crippen LogP contribution in [0.3, 0.4) is 0 Å². The topological polar surface area (TPSA) is 68.9 Å². The van der Waals surface area contributed by atoms with E-state index in [1.807, 2.05) is 17.0 Å². The van der Waals surface area contributed by atoms with Crippen molar-refractivity contribution in [1.82, 2.24) is 9.47 Å². The molecule has 1 aliphatic rings. The Labute approximate surface area is 153 Å². The van der Waals surface area contributed by atoms with Crippen molar-refractivity contribution in [3.05, 3.63) is 34.5 Å². The smallest absolute Gasteiger partial charge is 0.0845 e. The zero-order valence-corrected chi connectivity index (χ0v) is 15.3. The number of fused-ring (bicyclic) bond motifs is 3. The number of hydrogen-bond acceptors (Lipinski definition) is 4. The SMILES string of the molecule is OCCN(CCO)C[C@H](O)Cn1c2c(c3cccc(Cl)c31)CCCC2. The van der Waals surface area contributed by atoms with Crippen molar-refractivity contribution in [2.75, 3.05) is 32.8 Å². The summed E-state index contributed by atoms with van der Waals surface area (Å²) in [6, 6.07) is 6.02. The number of benzene rings is 1. The third-order valence-electron chi connectivity index (χ3n) is 5.04. The maximum Gasteiger partial charge on any atom is 0.0845 e. The molecule has 25 heavy (non-hydrogen) atoms. The van der Waals surface area contributed by atoms with E-state index in [2.05, 4.69) is 10.6 Å². The predicted octanol–water partition coefficient (Wildman–Crippen LogP) is 1.82. The molecule has 0 saturated heterocycles. The second-order valence-electron chi connectivity index (χ2n) is 6.78. The van der Waals surface area contributed by atoms with Crippen LogP contribution < -0.4 is 0 Å². The summed E-state index contributed by atoms with van der Waals surface area (Å²) in [6.45, 7) is 1.82. The van der Waals surface area contributed by atoms with Crippen molar-refractivity contribution in [2.24, 2.45) is 0 Å². The molecule has 138 valence electrons. The summed E-state index contributed by atoms with van der Waals surface area (Å²) in [4.78, 5) is 1.88. The Morgan fingerprint density at radius 2 is 1.84 bits per heavy atom. The molecule has 0 fully saturated rings. The number of aromatic nitrogens is 1. The van der Waals surface area contributed by atoms with E-state index in [4.69, 9.17) is 21.8 Å². The summed E-state index contributed by atoms with van der Waals surface area (Å²) in [6.07, 6.45) is 3.86. The Kier molecular flexibility index (Phi) is 6.36. The minimum Gasteiger partial charge on any atom is -0.395 e. The van der Waals surface area contributed by atoms with Crippen molar-refractivity contribution in [3.8, 4) is 0 Å². The van der Waals surface area contributed by atoms with Crippen molar-refractivity contribution in [1.29, 1.82) is 0 Å². The number of aliphatic hydroxyl groups excluding tert-OH is 3. The van der Waals surface area contributed by atoms with Gasteiger partial charge in [-0.05, 0) is 37.3 Å². The summed E-state index contributed by atoms with van der Waals surface area (Å²) < 4.78 is 2.19. The normalized spacial score (nSPS) is 15.7. The van der Waals surface area contributed by atoms with Crippen LogP contribution in [0.1, 0.15) is 24.1 Å². The van der Waals surface area contributed by atoms with Crippen molar-refractivity contribution < 1.29 is 15.3 Å². The van der Waals surface area contributed by atoms with Gasteiger partial charge in [0.15, 0.2) is 0 Å². The third kappa shape index (κ3) is 4.01. The molecule has 0 unspecified atom stereocenters. The van der Waals surface area contributed by atoms with E-state index in [1.165, 1.54) is 23.1 Å². The average Bonchev–Trinajstić information content (AvgIpc) is 2.91. The van der Waals surface area contributed by atoms with Crippen LogP contribution in [0.4, 0.5) is 0 Å². The van der Waals surface area contributed by atoms with Crippen molar-refractivity contribution in [3.63, 3.8) is 0 Å². The zero-order chi connectivity index (χ0) is 17.8. The number of nitrogens with zero attached hydrogens (tertiary/aromatic N) is 2. The summed E-state index contributed by atoms with van der Waals surface area (Å²) in [5, 5.41) is 30.8. The van der Waals surface area contributed by atoms with Crippen LogP contribution in [0.25, 0.3) is 10.9 Å². The van der Waals surface area contributed by atoms with Crippen molar-refractivity contribution >= 4 is 22.5 Å². The molecular weight excluding hydrogens is 340 g/mol. The van der Waals surface area contributed by atoms with Crippen molar-refractivity contribution in [2.45, 2.75) is 38.3 Å². The molecule has 0 bridgehead atoms. The fourth-order valence-electron chi connectivity index (χ4n) is 3.99. The molecule has 2 aromatic rings. The van der Waals surface area contributed by atoms with Crippen LogP contribution in [-0.4, -0.2) is 63.7 Å². The van der Waals surface area contributed by atoms with Gasteiger partial charge in [0.2, 0.25) is 0 Å². The van der Waals surface area contributed by atoms with Crippen LogP contribution in [0.2, 0.25) is 5.02 Å². The molecule has 3 rings (SSSR count). The lowest BCUT2D eigenvalue weighted by molar-refractivity contribution is 0.0775. The number of aryl methyl sites for hydroxylation is 1. The molecule has 0 spiro atoms. The molecule has 5 nitrogen and oxygen atoms in total. The average molecular weight is 367 g/mol. The van der Waals surface area contributed by atoms with Gasteiger partial charge in [-0.1, -0.05) is 23.7 Å². The van der Waals surface area contributed by atoms with Crippen LogP contribution in [0.5, 0.6) is 0 Å². The van der Waals surface area contributed by atoms with Gasteiger partial charge < -0.3 is 19.9 Å². The highest BCUT2D eigenvalue weighted by molar-refractivity contribution is 6.35. The first-order valence-corrected chi connectivity index (χ1v) is 9.44. The van der Waals surface area contributed by atoms with E-state index < -0.39 is 6.10 Å². The standard InChI is InChI=1S/C19H27ClN2O3/c20-17-6-3-5-16-15-4-1-2-7-18(15)22(19(16)17)13-14(25)12-21(8-10-23)9-11-24/h3,5-6,14,23-25H,1-2,4,7-13H2/t14-/m0/s1. The Morgan fingerprint density at radius 1 is 1.12 bits per heavy atom. The maximum absolute atomic E-state index is 10.6. The highest BCUT2D eigenvalue weighted by Crippen LogP contribution is 2.35. The highest BCUT2D eigenvalue weighted by atomic mass is 35.5. The van der Waals surface area contributed by atoms with Gasteiger partial charge in [0.05, 0.1) is 36.4 Å². The Hall–Kier alpha value is -1.11. The first kappa shape index (κ1) is 18.7. The predicted molar refractivity (Wildman–Crippen MR) is 100 cm³/mol. The van der Waals surface area contributed by atoms with Gasteiger partial charge in [-0.15, -0.1) is 0 Å². The molecule has 1 aromatic carbocycles. The number of rotatable bonds is 8. The number of para-hydroxylation sites is 1. The zero-order valence-electron chi connectivity index (χ0n) is 14.5. The summed E-state index contributed by atoms with van der Waals surface area (Å²) in [7, 11) is 0. The lowest BCUT2D eigenvalue weighted by atomic mass is 9.95. The van der Waals surface area contributed by atoms with Gasteiger partial charge in [-0.2, -0.15) is 0 Å². The first-order chi connectivity index (χ1) is 12.2. The molecule has 1 atom stereocenters. The molecule has 0 aliphatic heterocycles. The van der Waals surface area contributed by atoms with Crippen LogP contribution in [0, 0.1) is 0 Å². The van der Waals surface area contributed by atoms with Gasteiger partial charge in [-0.25, -0.2) is 0 Å². The molecule has 0 amide bonds. The lowest BCUT2D eigenvalue weighted by Crippen LogP contribution is -2.38. The van der Waals surface area contributed by atoms with E-state index >= 15 is 0 Å². The van der Waals surface area contributed by atoms with Gasteiger partial charge in [-0.3, -0.25) is 4.90 Å². The van der Waals surface area contributed by atoms with Gasteiger partial charge in [0, 0.05) is 30.7 Å². The highest BCUT2D eigenvalue weighted by Gasteiger charge is 2.23. The van der Waals surface area contributed by atoms with E-state index in [0.717, 1.165) is 29.8 Å². The lowest BCUT2D eigenvalue weighted by Gasteiger charge is -2.25. The molecule has 1 aliphatic carbocycles. The van der Waals surface area contributed by atoms with Crippen LogP contribution >= 0.6 is 11.6 Å². The molecule has 3 N–H and O–H groups in total. The Morgan fingerprint density at radius 3 is 2.56 bits per heavy atom. The number of hydrogen-bond donors (Lipinski definition) is 3. The van der Waals surface area contributed by atoms with Gasteiger partial charge in [0.25, 0.3) is 0 Å². The molecule has 1 aromatic heterocycles. The van der Waals surface area contributed by atoms with Crippen LogP contribution in [-0.2, 0) is 19.4 Å². The molecule has 6 heteroatoms. The molecular formula is C19H27ClN2O3. The first-order valence-electron chi connectivity index (χ1n) is 9.06. The second kappa shape index (κ2) is 8.52. The maximum atomic E-state index is 10.6. The fraction of sp³-hybridized carbons (Fsp3) is 0.579. The Bertz CT molecular complexity index is 710. The number of aliphatic hydroxyl groups is 3. The minimum atomic E-state index is -0.587. The third-order valence-corrected chi connectivity index (χ3v) is 5.35. The second-order valence-corrected chi connectivity index (χ2v) is 7.19. The number of halogens is 1. The largest absolute Gasteiger partial charge is 0.395 e. The summed E-state index contributed by atoms with van der Waals surface area (Å²) in [5.41, 5.74) is 3.69. The van der Waals surface area contributed by atoms with E-state index in [0.29, 0.717) is 26.2 Å². The molecule has 1 heterocycles. The quantitative estimate of drug-likeness (QED) is 0.666. The van der Waals surface area contributed by atoms with Gasteiger partial charge >= 0.3 is 0 Å². The van der Waals surface area contributed by atoms with Crippen LogP contribution in [0.15, 0.2) is 18.2 Å². The fourth-order valence-corrected chi connectivity index (χ4v) is 4.27. The van der Waals surface area contributed by atoms with E-state index in [-0.39, 0.29) is 13.2 Å². The monoisotopic (exact) mass is 366 g/mol. The minimum absolute atomic E-state index is 0.0143. The molecule has 0 radical (unpaired) electrons. The Balaban J connectivity index is 1.88. The molecule has 0 saturated carbocycles. The van der Waals surface area contributed by atoms with Gasteiger partial charge in [0.1, 0.15) is 0 Å². The summed E-state index contributed by atoms with van der Waals surface area (Å²) >= 11 is 6.49. The summed E-state index contributed by atoms with van der Waals surface area (Å²) in [5.74, 6) is 0. The van der Waals surface area contributed by atoms with E-state index in [1.54, 1.807) is 0 Å². The van der Waals surface area contributed by atoms with E-state index in [9.17, 15) is 5.11 Å².